The molecule has 0 radical (unpaired) electrons. The van der Waals surface area contributed by atoms with Crippen molar-refractivity contribution in [3.8, 4) is 0 Å². The van der Waals surface area contributed by atoms with Gasteiger partial charge in [0.05, 0.1) is 0 Å². The van der Waals surface area contributed by atoms with Crippen LogP contribution in [-0.2, 0) is 16.4 Å². The van der Waals surface area contributed by atoms with Crippen LogP contribution in [0.25, 0.3) is 0 Å². The molecule has 1 fully saturated rings. The molecule has 1 saturated heterocycles. The van der Waals surface area contributed by atoms with Gasteiger partial charge < -0.3 is 4.90 Å². The van der Waals surface area contributed by atoms with Crippen molar-refractivity contribution in [3.05, 3.63) is 46.3 Å². The summed E-state index contributed by atoms with van der Waals surface area (Å²) in [5, 5.41) is 0. The van der Waals surface area contributed by atoms with Crippen LogP contribution in [-0.4, -0.2) is 46.5 Å². The zero-order valence-electron chi connectivity index (χ0n) is 15.9. The molecule has 146 valence electrons. The summed E-state index contributed by atoms with van der Waals surface area (Å²) in [6.45, 7) is 5.45. The highest BCUT2D eigenvalue weighted by molar-refractivity contribution is 7.91. The zero-order chi connectivity index (χ0) is 19.0. The number of anilines is 1. The number of rotatable bonds is 6. The lowest BCUT2D eigenvalue weighted by Gasteiger charge is -2.28. The molecule has 3 heterocycles. The van der Waals surface area contributed by atoms with Crippen LogP contribution in [0.5, 0.6) is 0 Å². The number of nitrogens with one attached hydrogen (secondary N) is 1. The summed E-state index contributed by atoms with van der Waals surface area (Å²) in [7, 11) is -1.33. The molecule has 0 amide bonds. The highest BCUT2D eigenvalue weighted by Gasteiger charge is 2.27. The van der Waals surface area contributed by atoms with E-state index in [9.17, 15) is 8.42 Å². The molecule has 4 rings (SSSR count). The maximum absolute atomic E-state index is 12.7. The molecule has 0 saturated carbocycles. The summed E-state index contributed by atoms with van der Waals surface area (Å²) in [5.74, 6) is 0. The molecule has 1 aromatic carbocycles. The number of sulfonamides is 1. The van der Waals surface area contributed by atoms with Crippen LogP contribution < -0.4 is 9.62 Å². The van der Waals surface area contributed by atoms with Gasteiger partial charge in [-0.15, -0.1) is 11.3 Å². The van der Waals surface area contributed by atoms with Gasteiger partial charge in [-0.3, -0.25) is 4.90 Å². The molecular weight excluding hydrogens is 378 g/mol. The van der Waals surface area contributed by atoms with Crippen LogP contribution in [0.1, 0.15) is 34.9 Å². The van der Waals surface area contributed by atoms with Gasteiger partial charge in [0.1, 0.15) is 4.21 Å². The Kier molecular flexibility index (Phi) is 5.29. The van der Waals surface area contributed by atoms with Crippen molar-refractivity contribution < 1.29 is 8.42 Å². The van der Waals surface area contributed by atoms with Crippen LogP contribution in [0.15, 0.2) is 34.5 Å². The molecular formula is C20H27N3O2S2. The second kappa shape index (κ2) is 7.54. The van der Waals surface area contributed by atoms with E-state index in [1.54, 1.807) is 6.07 Å². The number of hydrogen-bond donors (Lipinski definition) is 1. The molecule has 2 aliphatic heterocycles. The fourth-order valence-electron chi connectivity index (χ4n) is 4.12. The molecule has 0 unspecified atom stereocenters. The third-order valence-electron chi connectivity index (χ3n) is 5.64. The SMILES string of the molecule is Cc1ccc(S(=O)(=O)NC[C@@H](c2ccc3c(c2)CCN3C)N2CCCC2)s1. The highest BCUT2D eigenvalue weighted by Crippen LogP contribution is 2.32. The van der Waals surface area contributed by atoms with E-state index in [2.05, 4.69) is 39.8 Å². The monoisotopic (exact) mass is 405 g/mol. The number of thiophene rings is 1. The fraction of sp³-hybridized carbons (Fsp3) is 0.500. The first-order chi connectivity index (χ1) is 12.9. The molecule has 0 bridgehead atoms. The fourth-order valence-corrected chi connectivity index (χ4v) is 6.49. The first-order valence-corrected chi connectivity index (χ1v) is 11.9. The number of aryl methyl sites for hydroxylation is 1. The van der Waals surface area contributed by atoms with Crippen molar-refractivity contribution in [1.82, 2.24) is 9.62 Å². The van der Waals surface area contributed by atoms with Gasteiger partial charge in [0.2, 0.25) is 10.0 Å². The van der Waals surface area contributed by atoms with Crippen molar-refractivity contribution in [2.45, 2.75) is 36.4 Å². The van der Waals surface area contributed by atoms with Crippen molar-refractivity contribution in [1.29, 1.82) is 0 Å². The average Bonchev–Trinajstić information content (AvgIpc) is 3.38. The van der Waals surface area contributed by atoms with Gasteiger partial charge in [0, 0.05) is 36.7 Å². The maximum Gasteiger partial charge on any atom is 0.250 e. The van der Waals surface area contributed by atoms with Gasteiger partial charge in [0.25, 0.3) is 0 Å². The first kappa shape index (κ1) is 18.9. The van der Waals surface area contributed by atoms with E-state index in [1.807, 2.05) is 13.0 Å². The van der Waals surface area contributed by atoms with Crippen molar-refractivity contribution in [2.24, 2.45) is 0 Å². The Bertz CT molecular complexity index is 917. The van der Waals surface area contributed by atoms with Crippen molar-refractivity contribution in [3.63, 3.8) is 0 Å². The van der Waals surface area contributed by atoms with E-state index in [1.165, 1.54) is 41.0 Å². The summed E-state index contributed by atoms with van der Waals surface area (Å²) < 4.78 is 28.7. The molecule has 1 N–H and O–H groups in total. The lowest BCUT2D eigenvalue weighted by atomic mass is 10.0. The van der Waals surface area contributed by atoms with E-state index < -0.39 is 10.0 Å². The Labute approximate surface area is 166 Å². The Morgan fingerprint density at radius 2 is 1.93 bits per heavy atom. The maximum atomic E-state index is 12.7. The summed E-state index contributed by atoms with van der Waals surface area (Å²) >= 11 is 1.32. The van der Waals surface area contributed by atoms with Gasteiger partial charge in [0.15, 0.2) is 0 Å². The van der Waals surface area contributed by atoms with Gasteiger partial charge in [-0.1, -0.05) is 12.1 Å². The Morgan fingerprint density at radius 3 is 2.63 bits per heavy atom. The minimum absolute atomic E-state index is 0.0829. The molecule has 5 nitrogen and oxygen atoms in total. The number of likely N-dealkylation sites (N-methyl/N-ethyl adjacent to an activating group) is 1. The molecule has 1 aromatic heterocycles. The summed E-state index contributed by atoms with van der Waals surface area (Å²) in [6, 6.07) is 10.3. The van der Waals surface area contributed by atoms with Crippen LogP contribution in [0.2, 0.25) is 0 Å². The van der Waals surface area contributed by atoms with E-state index in [0.717, 1.165) is 30.9 Å². The molecule has 2 aliphatic rings. The summed E-state index contributed by atoms with van der Waals surface area (Å²) in [4.78, 5) is 5.71. The lowest BCUT2D eigenvalue weighted by molar-refractivity contribution is 0.246. The van der Waals surface area contributed by atoms with Crippen LogP contribution in [0.4, 0.5) is 5.69 Å². The average molecular weight is 406 g/mol. The van der Waals surface area contributed by atoms with E-state index in [0.29, 0.717) is 10.8 Å². The van der Waals surface area contributed by atoms with Crippen molar-refractivity contribution in [2.75, 3.05) is 38.1 Å². The van der Waals surface area contributed by atoms with E-state index >= 15 is 0 Å². The van der Waals surface area contributed by atoms with E-state index in [-0.39, 0.29) is 6.04 Å². The first-order valence-electron chi connectivity index (χ1n) is 9.58. The van der Waals surface area contributed by atoms with Gasteiger partial charge in [-0.2, -0.15) is 0 Å². The molecule has 27 heavy (non-hydrogen) atoms. The standard InChI is InChI=1S/C20H27N3O2S2/c1-15-5-8-20(26-15)27(24,25)21-14-19(23-10-3-4-11-23)16-6-7-18-17(13-16)9-12-22(18)2/h5-8,13,19,21H,3-4,9-12,14H2,1-2H3/t19-/m0/s1. The quantitative estimate of drug-likeness (QED) is 0.802. The molecule has 2 aromatic rings. The van der Waals surface area contributed by atoms with Crippen molar-refractivity contribution >= 4 is 27.0 Å². The normalized spacial score (nSPS) is 18.8. The number of nitrogens with zero attached hydrogens (tertiary/aromatic N) is 2. The highest BCUT2D eigenvalue weighted by atomic mass is 32.2. The molecule has 7 heteroatoms. The molecule has 0 aliphatic carbocycles. The van der Waals surface area contributed by atoms with Crippen LogP contribution in [0, 0.1) is 6.92 Å². The minimum atomic E-state index is -3.46. The number of hydrogen-bond acceptors (Lipinski definition) is 5. The Hall–Kier alpha value is -1.41. The Morgan fingerprint density at radius 1 is 1.15 bits per heavy atom. The smallest absolute Gasteiger partial charge is 0.250 e. The minimum Gasteiger partial charge on any atom is -0.374 e. The second-order valence-corrected chi connectivity index (χ2v) is 10.8. The summed E-state index contributed by atoms with van der Waals surface area (Å²) in [6.07, 6.45) is 3.43. The van der Waals surface area contributed by atoms with Gasteiger partial charge in [-0.25, -0.2) is 13.1 Å². The topological polar surface area (TPSA) is 52.7 Å². The molecule has 1 atom stereocenters. The Balaban J connectivity index is 1.57. The van der Waals surface area contributed by atoms with Gasteiger partial charge >= 0.3 is 0 Å². The number of fused-ring (bicyclic) bond motifs is 1. The van der Waals surface area contributed by atoms with E-state index in [4.69, 9.17) is 0 Å². The number of likely N-dealkylation sites (tertiary alicyclic amines) is 1. The number of benzene rings is 1. The predicted molar refractivity (Wildman–Crippen MR) is 111 cm³/mol. The largest absolute Gasteiger partial charge is 0.374 e. The third-order valence-corrected chi connectivity index (χ3v) is 8.56. The van der Waals surface area contributed by atoms with Gasteiger partial charge in [-0.05, 0) is 68.6 Å². The molecule has 0 spiro atoms. The predicted octanol–water partition coefficient (Wildman–Crippen LogP) is 3.16. The summed E-state index contributed by atoms with van der Waals surface area (Å²) in [5.41, 5.74) is 3.89. The lowest BCUT2D eigenvalue weighted by Crippen LogP contribution is -2.36. The van der Waals surface area contributed by atoms with Crippen LogP contribution in [0.3, 0.4) is 0 Å². The second-order valence-electron chi connectivity index (χ2n) is 7.54. The zero-order valence-corrected chi connectivity index (χ0v) is 17.6. The third kappa shape index (κ3) is 3.92. The van der Waals surface area contributed by atoms with Crippen LogP contribution >= 0.6 is 11.3 Å².